The van der Waals surface area contributed by atoms with Gasteiger partial charge in [0.2, 0.25) is 11.8 Å². The summed E-state index contributed by atoms with van der Waals surface area (Å²) in [6, 6.07) is 10.4. The van der Waals surface area contributed by atoms with Crippen molar-refractivity contribution in [3.05, 3.63) is 57.6 Å². The minimum Gasteiger partial charge on any atom is -0.490 e. The first kappa shape index (κ1) is 29.8. The van der Waals surface area contributed by atoms with E-state index in [9.17, 15) is 9.59 Å². The summed E-state index contributed by atoms with van der Waals surface area (Å²) in [5.74, 6) is 1.08. The summed E-state index contributed by atoms with van der Waals surface area (Å²) >= 11 is 12.3. The Balaban J connectivity index is 2.26. The molecule has 2 amide bonds. The van der Waals surface area contributed by atoms with E-state index in [2.05, 4.69) is 5.32 Å². The number of hydrogen-bond acceptors (Lipinski definition) is 4. The average molecular weight is 538 g/mol. The van der Waals surface area contributed by atoms with E-state index in [0.29, 0.717) is 47.6 Å². The van der Waals surface area contributed by atoms with Crippen LogP contribution in [0.5, 0.6) is 11.5 Å². The maximum absolute atomic E-state index is 13.5. The van der Waals surface area contributed by atoms with Gasteiger partial charge in [0.25, 0.3) is 0 Å². The van der Waals surface area contributed by atoms with Crippen LogP contribution in [-0.4, -0.2) is 42.0 Å². The number of nitrogens with zero attached hydrogens (tertiary/aromatic N) is 1. The Bertz CT molecular complexity index is 1020. The molecule has 0 saturated carbocycles. The fourth-order valence-corrected chi connectivity index (χ4v) is 4.16. The zero-order chi connectivity index (χ0) is 26.7. The van der Waals surface area contributed by atoms with Gasteiger partial charge in [-0.3, -0.25) is 9.59 Å². The minimum atomic E-state index is -0.597. The third-order valence-electron chi connectivity index (χ3n) is 5.96. The van der Waals surface area contributed by atoms with E-state index in [1.165, 1.54) is 0 Å². The molecule has 0 unspecified atom stereocenters. The highest BCUT2D eigenvalue weighted by molar-refractivity contribution is 6.42. The third kappa shape index (κ3) is 8.59. The summed E-state index contributed by atoms with van der Waals surface area (Å²) in [4.78, 5) is 28.3. The largest absolute Gasteiger partial charge is 0.490 e. The first-order valence-electron chi connectivity index (χ1n) is 12.7. The smallest absolute Gasteiger partial charge is 0.243 e. The fraction of sp³-hybridized carbons (Fsp3) is 0.500. The predicted molar refractivity (Wildman–Crippen MR) is 146 cm³/mol. The minimum absolute atomic E-state index is 0.0225. The van der Waals surface area contributed by atoms with Crippen molar-refractivity contribution in [2.24, 2.45) is 0 Å². The van der Waals surface area contributed by atoms with Crippen LogP contribution in [0.1, 0.15) is 65.0 Å². The van der Waals surface area contributed by atoms with Crippen molar-refractivity contribution in [3.8, 4) is 11.5 Å². The molecule has 0 spiro atoms. The molecule has 198 valence electrons. The highest BCUT2D eigenvalue weighted by Gasteiger charge is 2.29. The number of halogens is 2. The quantitative estimate of drug-likeness (QED) is 0.301. The van der Waals surface area contributed by atoms with Crippen molar-refractivity contribution in [2.45, 2.75) is 78.9 Å². The molecular weight excluding hydrogens is 499 g/mol. The molecule has 0 aliphatic rings. The van der Waals surface area contributed by atoms with Crippen molar-refractivity contribution in [1.82, 2.24) is 10.2 Å². The van der Waals surface area contributed by atoms with Crippen LogP contribution >= 0.6 is 23.2 Å². The number of benzene rings is 2. The standard InChI is InChI=1S/C28H38Cl2N2O4/c1-6-19(5)31-28(34)24(7-2)32(18-21-10-13-22(29)23(30)16-21)27(33)15-12-20-11-14-25(35-8-3)26(17-20)36-9-4/h10-11,13-14,16-17,19,24H,6-9,12,15,18H2,1-5H3,(H,31,34)/t19-,24+/m0/s1. The number of amides is 2. The molecule has 36 heavy (non-hydrogen) atoms. The zero-order valence-electron chi connectivity index (χ0n) is 21.9. The number of ether oxygens (including phenoxy) is 2. The first-order valence-corrected chi connectivity index (χ1v) is 13.4. The van der Waals surface area contributed by atoms with Crippen LogP contribution in [0.15, 0.2) is 36.4 Å². The zero-order valence-corrected chi connectivity index (χ0v) is 23.4. The molecule has 0 fully saturated rings. The SMILES string of the molecule is CCOc1ccc(CCC(=O)N(Cc2ccc(Cl)c(Cl)c2)[C@H](CC)C(=O)N[C@@H](C)CC)cc1OCC. The highest BCUT2D eigenvalue weighted by atomic mass is 35.5. The molecule has 1 N–H and O–H groups in total. The summed E-state index contributed by atoms with van der Waals surface area (Å²) in [5.41, 5.74) is 1.77. The van der Waals surface area contributed by atoms with E-state index < -0.39 is 6.04 Å². The molecule has 0 saturated heterocycles. The number of carbonyl (C=O) groups excluding carboxylic acids is 2. The van der Waals surface area contributed by atoms with Crippen LogP contribution in [0, 0.1) is 0 Å². The van der Waals surface area contributed by atoms with Gasteiger partial charge in [0.05, 0.1) is 23.3 Å². The van der Waals surface area contributed by atoms with Crippen LogP contribution in [0.25, 0.3) is 0 Å². The van der Waals surface area contributed by atoms with Crippen LogP contribution in [0.3, 0.4) is 0 Å². The van der Waals surface area contributed by atoms with E-state index in [4.69, 9.17) is 32.7 Å². The fourth-order valence-electron chi connectivity index (χ4n) is 3.84. The molecule has 0 aromatic heterocycles. The Morgan fingerprint density at radius 2 is 1.56 bits per heavy atom. The second-order valence-corrected chi connectivity index (χ2v) is 9.47. The number of aryl methyl sites for hydroxylation is 1. The second kappa shape index (κ2) is 15.0. The lowest BCUT2D eigenvalue weighted by Gasteiger charge is -2.31. The van der Waals surface area contributed by atoms with Gasteiger partial charge in [-0.05, 0) is 75.4 Å². The van der Waals surface area contributed by atoms with Gasteiger partial charge in [0, 0.05) is 19.0 Å². The van der Waals surface area contributed by atoms with E-state index >= 15 is 0 Å². The molecule has 2 aromatic rings. The highest BCUT2D eigenvalue weighted by Crippen LogP contribution is 2.29. The van der Waals surface area contributed by atoms with E-state index in [1.54, 1.807) is 17.0 Å². The van der Waals surface area contributed by atoms with Crippen molar-refractivity contribution < 1.29 is 19.1 Å². The Hall–Kier alpha value is -2.44. The second-order valence-electron chi connectivity index (χ2n) is 8.66. The molecule has 0 radical (unpaired) electrons. The lowest BCUT2D eigenvalue weighted by Crippen LogP contribution is -2.50. The molecule has 0 aliphatic heterocycles. The van der Waals surface area contributed by atoms with Gasteiger partial charge in [0.15, 0.2) is 11.5 Å². The number of hydrogen-bond donors (Lipinski definition) is 1. The van der Waals surface area contributed by atoms with Crippen molar-refractivity contribution in [3.63, 3.8) is 0 Å². The third-order valence-corrected chi connectivity index (χ3v) is 6.70. The molecule has 2 aromatic carbocycles. The van der Waals surface area contributed by atoms with Crippen molar-refractivity contribution in [1.29, 1.82) is 0 Å². The van der Waals surface area contributed by atoms with Crippen molar-refractivity contribution >= 4 is 35.0 Å². The maximum Gasteiger partial charge on any atom is 0.243 e. The molecule has 2 atom stereocenters. The molecule has 6 nitrogen and oxygen atoms in total. The topological polar surface area (TPSA) is 67.9 Å². The molecule has 0 aliphatic carbocycles. The number of carbonyl (C=O) groups is 2. The monoisotopic (exact) mass is 536 g/mol. The summed E-state index contributed by atoms with van der Waals surface area (Å²) < 4.78 is 11.4. The van der Waals surface area contributed by atoms with E-state index in [-0.39, 0.29) is 30.8 Å². The van der Waals surface area contributed by atoms with Gasteiger partial charge in [-0.2, -0.15) is 0 Å². The molecule has 2 rings (SSSR count). The first-order chi connectivity index (χ1) is 17.2. The molecular formula is C28H38Cl2N2O4. The van der Waals surface area contributed by atoms with Gasteiger partial charge in [-0.1, -0.05) is 49.2 Å². The lowest BCUT2D eigenvalue weighted by molar-refractivity contribution is -0.141. The van der Waals surface area contributed by atoms with Gasteiger partial charge >= 0.3 is 0 Å². The van der Waals surface area contributed by atoms with Crippen LogP contribution in [0.2, 0.25) is 10.0 Å². The summed E-state index contributed by atoms with van der Waals surface area (Å²) in [6.07, 6.45) is 2.05. The van der Waals surface area contributed by atoms with Gasteiger partial charge in [-0.25, -0.2) is 0 Å². The maximum atomic E-state index is 13.5. The molecule has 8 heteroatoms. The summed E-state index contributed by atoms with van der Waals surface area (Å²) in [7, 11) is 0. The predicted octanol–water partition coefficient (Wildman–Crippen LogP) is 6.45. The van der Waals surface area contributed by atoms with Gasteiger partial charge in [-0.15, -0.1) is 0 Å². The van der Waals surface area contributed by atoms with Gasteiger partial charge < -0.3 is 19.7 Å². The normalized spacial score (nSPS) is 12.5. The average Bonchev–Trinajstić information content (AvgIpc) is 2.86. The summed E-state index contributed by atoms with van der Waals surface area (Å²) in [6.45, 7) is 11.0. The van der Waals surface area contributed by atoms with Crippen LogP contribution < -0.4 is 14.8 Å². The molecule has 0 bridgehead atoms. The molecule has 0 heterocycles. The number of nitrogens with one attached hydrogen (secondary N) is 1. The number of rotatable bonds is 14. The lowest BCUT2D eigenvalue weighted by atomic mass is 10.1. The Morgan fingerprint density at radius 3 is 2.17 bits per heavy atom. The Labute approximate surface area is 225 Å². The van der Waals surface area contributed by atoms with Crippen molar-refractivity contribution in [2.75, 3.05) is 13.2 Å². The Kier molecular flexibility index (Phi) is 12.4. The van der Waals surface area contributed by atoms with E-state index in [1.807, 2.05) is 58.9 Å². The summed E-state index contributed by atoms with van der Waals surface area (Å²) in [5, 5.41) is 3.88. The Morgan fingerprint density at radius 1 is 0.889 bits per heavy atom. The van der Waals surface area contributed by atoms with Crippen LogP contribution in [-0.2, 0) is 22.6 Å². The van der Waals surface area contributed by atoms with Gasteiger partial charge in [0.1, 0.15) is 6.04 Å². The van der Waals surface area contributed by atoms with Crippen LogP contribution in [0.4, 0.5) is 0 Å². The van der Waals surface area contributed by atoms with E-state index in [0.717, 1.165) is 17.5 Å².